The van der Waals surface area contributed by atoms with Crippen LogP contribution in [0.5, 0.6) is 5.75 Å². The molecular weight excluding hydrogens is 215 g/mol. The predicted octanol–water partition coefficient (Wildman–Crippen LogP) is 1.77. The highest BCUT2D eigenvalue weighted by molar-refractivity contribution is 6.05. The summed E-state index contributed by atoms with van der Waals surface area (Å²) in [5, 5.41) is 15.2. The van der Waals surface area contributed by atoms with Crippen molar-refractivity contribution in [3.63, 3.8) is 0 Å². The van der Waals surface area contributed by atoms with E-state index in [1.54, 1.807) is 0 Å². The van der Waals surface area contributed by atoms with Crippen LogP contribution in [0.2, 0.25) is 0 Å². The van der Waals surface area contributed by atoms with Gasteiger partial charge in [-0.25, -0.2) is 4.39 Å². The standard InChI is InChI=1S/C10H7FN2O3/c11-6-1-2-8(9(14)3-6)10(15)13-7-4-12-16-5-7/h1-5,14H,(H,13,15). The molecule has 0 saturated carbocycles. The van der Waals surface area contributed by atoms with Gasteiger partial charge in [0, 0.05) is 6.07 Å². The van der Waals surface area contributed by atoms with Crippen molar-refractivity contribution < 1.29 is 18.8 Å². The van der Waals surface area contributed by atoms with Gasteiger partial charge in [0.2, 0.25) is 0 Å². The van der Waals surface area contributed by atoms with Crippen LogP contribution in [-0.4, -0.2) is 16.2 Å². The fraction of sp³-hybridized carbons (Fsp3) is 0. The second-order valence-electron chi connectivity index (χ2n) is 3.03. The Bertz CT molecular complexity index is 511. The van der Waals surface area contributed by atoms with Gasteiger partial charge in [-0.3, -0.25) is 4.79 Å². The summed E-state index contributed by atoms with van der Waals surface area (Å²) in [5.74, 6) is -1.60. The summed E-state index contributed by atoms with van der Waals surface area (Å²) < 4.78 is 17.2. The van der Waals surface area contributed by atoms with Gasteiger partial charge < -0.3 is 14.9 Å². The van der Waals surface area contributed by atoms with Crippen molar-refractivity contribution in [2.75, 3.05) is 5.32 Å². The Hall–Kier alpha value is -2.37. The Balaban J connectivity index is 2.21. The number of nitrogens with one attached hydrogen (secondary N) is 1. The number of aromatic hydroxyl groups is 1. The lowest BCUT2D eigenvalue weighted by molar-refractivity contribution is 0.102. The molecule has 1 heterocycles. The van der Waals surface area contributed by atoms with Crippen LogP contribution in [0.3, 0.4) is 0 Å². The van der Waals surface area contributed by atoms with E-state index in [1.165, 1.54) is 18.5 Å². The van der Waals surface area contributed by atoms with Crippen LogP contribution >= 0.6 is 0 Å². The fourth-order valence-corrected chi connectivity index (χ4v) is 1.16. The van der Waals surface area contributed by atoms with Crippen LogP contribution in [0.15, 0.2) is 35.2 Å². The fourth-order valence-electron chi connectivity index (χ4n) is 1.16. The van der Waals surface area contributed by atoms with Crippen molar-refractivity contribution in [2.45, 2.75) is 0 Å². The number of phenolic OH excluding ortho intramolecular Hbond substituents is 1. The van der Waals surface area contributed by atoms with Gasteiger partial charge in [-0.1, -0.05) is 5.16 Å². The minimum atomic E-state index is -0.612. The molecule has 0 aliphatic rings. The molecule has 0 unspecified atom stereocenters. The molecule has 0 fully saturated rings. The highest BCUT2D eigenvalue weighted by Crippen LogP contribution is 2.19. The summed E-state index contributed by atoms with van der Waals surface area (Å²) in [6, 6.07) is 3.14. The second kappa shape index (κ2) is 4.01. The van der Waals surface area contributed by atoms with Crippen molar-refractivity contribution in [1.82, 2.24) is 5.16 Å². The molecule has 2 rings (SSSR count). The van der Waals surface area contributed by atoms with Gasteiger partial charge >= 0.3 is 0 Å². The maximum absolute atomic E-state index is 12.7. The van der Waals surface area contributed by atoms with Gasteiger partial charge in [0.05, 0.1) is 11.8 Å². The summed E-state index contributed by atoms with van der Waals surface area (Å²) in [5.41, 5.74) is 0.330. The Morgan fingerprint density at radius 1 is 1.50 bits per heavy atom. The number of hydrogen-bond acceptors (Lipinski definition) is 4. The molecule has 1 aromatic heterocycles. The first-order chi connectivity index (χ1) is 7.66. The van der Waals surface area contributed by atoms with Gasteiger partial charge in [0.15, 0.2) is 0 Å². The average molecular weight is 222 g/mol. The maximum Gasteiger partial charge on any atom is 0.259 e. The molecule has 6 heteroatoms. The summed E-state index contributed by atoms with van der Waals surface area (Å²) in [6.45, 7) is 0. The number of nitrogens with zero attached hydrogens (tertiary/aromatic N) is 1. The minimum Gasteiger partial charge on any atom is -0.507 e. The van der Waals surface area contributed by atoms with Gasteiger partial charge in [-0.15, -0.1) is 0 Å². The number of anilines is 1. The van der Waals surface area contributed by atoms with Crippen LogP contribution in [0.4, 0.5) is 10.1 Å². The molecule has 0 saturated heterocycles. The van der Waals surface area contributed by atoms with Gasteiger partial charge in [0.25, 0.3) is 5.91 Å². The molecule has 2 N–H and O–H groups in total. The van der Waals surface area contributed by atoms with Crippen molar-refractivity contribution in [3.8, 4) is 5.75 Å². The number of benzene rings is 1. The van der Waals surface area contributed by atoms with E-state index < -0.39 is 17.5 Å². The summed E-state index contributed by atoms with van der Waals surface area (Å²) >= 11 is 0. The largest absolute Gasteiger partial charge is 0.507 e. The van der Waals surface area contributed by atoms with Gasteiger partial charge in [-0.2, -0.15) is 0 Å². The molecule has 82 valence electrons. The third-order valence-corrected chi connectivity index (χ3v) is 1.89. The number of phenols is 1. The third-order valence-electron chi connectivity index (χ3n) is 1.89. The first-order valence-corrected chi connectivity index (χ1v) is 4.36. The van der Waals surface area contributed by atoms with Crippen LogP contribution in [-0.2, 0) is 0 Å². The summed E-state index contributed by atoms with van der Waals surface area (Å²) in [7, 11) is 0. The van der Waals surface area contributed by atoms with E-state index in [4.69, 9.17) is 0 Å². The highest BCUT2D eigenvalue weighted by atomic mass is 19.1. The Labute approximate surface area is 89.5 Å². The van der Waals surface area contributed by atoms with E-state index in [9.17, 15) is 14.3 Å². The van der Waals surface area contributed by atoms with Crippen molar-refractivity contribution in [2.24, 2.45) is 0 Å². The lowest BCUT2D eigenvalue weighted by Crippen LogP contribution is -2.11. The number of carbonyl (C=O) groups excluding carboxylic acids is 1. The van der Waals surface area contributed by atoms with Crippen molar-refractivity contribution >= 4 is 11.6 Å². The van der Waals surface area contributed by atoms with Crippen molar-refractivity contribution in [3.05, 3.63) is 42.0 Å². The van der Waals surface area contributed by atoms with Crippen LogP contribution in [0.1, 0.15) is 10.4 Å². The van der Waals surface area contributed by atoms with E-state index in [2.05, 4.69) is 15.0 Å². The van der Waals surface area contributed by atoms with Crippen molar-refractivity contribution in [1.29, 1.82) is 0 Å². The lowest BCUT2D eigenvalue weighted by Gasteiger charge is -2.03. The Morgan fingerprint density at radius 3 is 2.94 bits per heavy atom. The number of carbonyl (C=O) groups is 1. The predicted molar refractivity (Wildman–Crippen MR) is 52.5 cm³/mol. The summed E-state index contributed by atoms with van der Waals surface area (Å²) in [6.07, 6.45) is 2.54. The zero-order chi connectivity index (χ0) is 11.5. The molecule has 0 aliphatic heterocycles. The van der Waals surface area contributed by atoms with Gasteiger partial charge in [0.1, 0.15) is 23.5 Å². The molecule has 0 aliphatic carbocycles. The molecule has 0 spiro atoms. The van der Waals surface area contributed by atoms with Crippen LogP contribution in [0, 0.1) is 5.82 Å². The molecule has 1 amide bonds. The average Bonchev–Trinajstić information content (AvgIpc) is 2.70. The first-order valence-electron chi connectivity index (χ1n) is 4.36. The zero-order valence-electron chi connectivity index (χ0n) is 7.98. The monoisotopic (exact) mass is 222 g/mol. The lowest BCUT2D eigenvalue weighted by atomic mass is 10.2. The molecular formula is C10H7FN2O3. The Kier molecular flexibility index (Phi) is 2.55. The topological polar surface area (TPSA) is 75.4 Å². The van der Waals surface area contributed by atoms with E-state index >= 15 is 0 Å². The summed E-state index contributed by atoms with van der Waals surface area (Å²) in [4.78, 5) is 11.6. The normalized spacial score (nSPS) is 10.1. The quantitative estimate of drug-likeness (QED) is 0.811. The SMILES string of the molecule is O=C(Nc1cnoc1)c1ccc(F)cc1O. The van der Waals surface area contributed by atoms with E-state index in [-0.39, 0.29) is 5.56 Å². The molecule has 2 aromatic rings. The molecule has 0 radical (unpaired) electrons. The molecule has 5 nitrogen and oxygen atoms in total. The molecule has 1 aromatic carbocycles. The second-order valence-corrected chi connectivity index (χ2v) is 3.03. The smallest absolute Gasteiger partial charge is 0.259 e. The minimum absolute atomic E-state index is 0.0254. The molecule has 0 atom stereocenters. The van der Waals surface area contributed by atoms with Crippen LogP contribution < -0.4 is 5.32 Å². The number of amides is 1. The van der Waals surface area contributed by atoms with E-state index in [0.717, 1.165) is 12.1 Å². The van der Waals surface area contributed by atoms with E-state index in [0.29, 0.717) is 5.69 Å². The highest BCUT2D eigenvalue weighted by Gasteiger charge is 2.12. The first kappa shape index (κ1) is 10.2. The van der Waals surface area contributed by atoms with Crippen LogP contribution in [0.25, 0.3) is 0 Å². The Morgan fingerprint density at radius 2 is 2.31 bits per heavy atom. The third kappa shape index (κ3) is 2.00. The number of hydrogen-bond donors (Lipinski definition) is 2. The molecule has 0 bridgehead atoms. The zero-order valence-corrected chi connectivity index (χ0v) is 7.98. The van der Waals surface area contributed by atoms with E-state index in [1.807, 2.05) is 0 Å². The van der Waals surface area contributed by atoms with Gasteiger partial charge in [-0.05, 0) is 12.1 Å². The number of halogens is 1. The number of aromatic nitrogens is 1. The number of rotatable bonds is 2. The molecule has 16 heavy (non-hydrogen) atoms. The maximum atomic E-state index is 12.7.